The summed E-state index contributed by atoms with van der Waals surface area (Å²) in [6.45, 7) is 8.79. The second-order valence-corrected chi connectivity index (χ2v) is 4.37. The zero-order chi connectivity index (χ0) is 12.7. The highest BCUT2D eigenvalue weighted by Crippen LogP contribution is 2.18. The highest BCUT2D eigenvalue weighted by atomic mass is 16.6. The normalized spacial score (nSPS) is 14.6. The van der Waals surface area contributed by atoms with Crippen LogP contribution in [0.15, 0.2) is 30.3 Å². The number of benzene rings is 1. The van der Waals surface area contributed by atoms with Crippen molar-refractivity contribution in [2.24, 2.45) is 0 Å². The van der Waals surface area contributed by atoms with Gasteiger partial charge in [-0.2, -0.15) is 0 Å². The van der Waals surface area contributed by atoms with Crippen molar-refractivity contribution in [2.45, 2.75) is 33.0 Å². The van der Waals surface area contributed by atoms with E-state index < -0.39 is 5.79 Å². The number of rotatable bonds is 7. The summed E-state index contributed by atoms with van der Waals surface area (Å²) in [4.78, 5) is 2.27. The lowest BCUT2D eigenvalue weighted by Crippen LogP contribution is -2.37. The molecule has 0 aliphatic carbocycles. The van der Waals surface area contributed by atoms with Crippen molar-refractivity contribution in [3.8, 4) is 5.75 Å². The SMILES string of the molecule is CCN(CC)CCC(C)(O)Oc1ccccc1. The van der Waals surface area contributed by atoms with Crippen LogP contribution in [0.25, 0.3) is 0 Å². The summed E-state index contributed by atoms with van der Waals surface area (Å²) in [7, 11) is 0. The Kier molecular flexibility index (Phi) is 5.45. The van der Waals surface area contributed by atoms with E-state index in [1.54, 1.807) is 6.92 Å². The van der Waals surface area contributed by atoms with Crippen molar-refractivity contribution in [3.05, 3.63) is 30.3 Å². The van der Waals surface area contributed by atoms with E-state index >= 15 is 0 Å². The number of hydrogen-bond donors (Lipinski definition) is 1. The molecule has 17 heavy (non-hydrogen) atoms. The van der Waals surface area contributed by atoms with Crippen molar-refractivity contribution in [2.75, 3.05) is 19.6 Å². The van der Waals surface area contributed by atoms with Gasteiger partial charge in [-0.05, 0) is 25.2 Å². The summed E-state index contributed by atoms with van der Waals surface area (Å²) in [5, 5.41) is 10.2. The van der Waals surface area contributed by atoms with Crippen LogP contribution in [0.1, 0.15) is 27.2 Å². The van der Waals surface area contributed by atoms with Crippen molar-refractivity contribution in [3.63, 3.8) is 0 Å². The van der Waals surface area contributed by atoms with Crippen molar-refractivity contribution in [1.29, 1.82) is 0 Å². The van der Waals surface area contributed by atoms with Gasteiger partial charge >= 0.3 is 0 Å². The first-order valence-electron chi connectivity index (χ1n) is 6.26. The van der Waals surface area contributed by atoms with Crippen LogP contribution in [0.3, 0.4) is 0 Å². The first kappa shape index (κ1) is 14.0. The van der Waals surface area contributed by atoms with Gasteiger partial charge in [-0.15, -0.1) is 0 Å². The third kappa shape index (κ3) is 5.20. The smallest absolute Gasteiger partial charge is 0.206 e. The topological polar surface area (TPSA) is 32.7 Å². The van der Waals surface area contributed by atoms with Gasteiger partial charge in [-0.25, -0.2) is 0 Å². The fourth-order valence-electron chi connectivity index (χ4n) is 1.70. The standard InChI is InChI=1S/C14H23NO2/c1-4-15(5-2)12-11-14(3,16)17-13-9-7-6-8-10-13/h6-10,16H,4-5,11-12H2,1-3H3. The molecule has 1 N–H and O–H groups in total. The van der Waals surface area contributed by atoms with Crippen LogP contribution in [0.5, 0.6) is 5.75 Å². The van der Waals surface area contributed by atoms with Crippen LogP contribution in [0, 0.1) is 0 Å². The lowest BCUT2D eigenvalue weighted by atomic mass is 10.2. The maximum Gasteiger partial charge on any atom is 0.206 e. The molecule has 0 spiro atoms. The van der Waals surface area contributed by atoms with Gasteiger partial charge in [0.2, 0.25) is 5.79 Å². The third-order valence-electron chi connectivity index (χ3n) is 2.87. The minimum Gasteiger partial charge on any atom is -0.463 e. The van der Waals surface area contributed by atoms with E-state index in [4.69, 9.17) is 4.74 Å². The van der Waals surface area contributed by atoms with Crippen LogP contribution < -0.4 is 4.74 Å². The quantitative estimate of drug-likeness (QED) is 0.740. The van der Waals surface area contributed by atoms with Gasteiger partial charge in [0, 0.05) is 19.9 Å². The number of nitrogens with zero attached hydrogens (tertiary/aromatic N) is 1. The van der Waals surface area contributed by atoms with Gasteiger partial charge in [0.15, 0.2) is 0 Å². The zero-order valence-corrected chi connectivity index (χ0v) is 11.0. The van der Waals surface area contributed by atoms with Gasteiger partial charge in [-0.1, -0.05) is 32.0 Å². The molecule has 0 heterocycles. The predicted molar refractivity (Wildman–Crippen MR) is 70.1 cm³/mol. The van der Waals surface area contributed by atoms with Crippen LogP contribution in [0.4, 0.5) is 0 Å². The molecule has 0 aliphatic heterocycles. The van der Waals surface area contributed by atoms with Crippen molar-refractivity contribution in [1.82, 2.24) is 4.90 Å². The van der Waals surface area contributed by atoms with Gasteiger partial charge in [0.1, 0.15) is 5.75 Å². The molecule has 0 aromatic heterocycles. The maximum absolute atomic E-state index is 10.2. The van der Waals surface area contributed by atoms with E-state index in [9.17, 15) is 5.11 Å². The lowest BCUT2D eigenvalue weighted by molar-refractivity contribution is -0.129. The maximum atomic E-state index is 10.2. The van der Waals surface area contributed by atoms with Crippen LogP contribution in [-0.2, 0) is 0 Å². The molecule has 1 atom stereocenters. The summed E-state index contributed by atoms with van der Waals surface area (Å²) in [5.41, 5.74) is 0. The Hall–Kier alpha value is -1.06. The second kappa shape index (κ2) is 6.62. The van der Waals surface area contributed by atoms with Gasteiger partial charge in [0.05, 0.1) is 0 Å². The largest absolute Gasteiger partial charge is 0.463 e. The summed E-state index contributed by atoms with van der Waals surface area (Å²) in [6.07, 6.45) is 0.601. The van der Waals surface area contributed by atoms with Gasteiger partial charge in [0.25, 0.3) is 0 Å². The molecule has 1 aromatic rings. The van der Waals surface area contributed by atoms with Gasteiger partial charge < -0.3 is 14.7 Å². The highest BCUT2D eigenvalue weighted by Gasteiger charge is 2.22. The lowest BCUT2D eigenvalue weighted by Gasteiger charge is -2.28. The van der Waals surface area contributed by atoms with E-state index in [0.717, 1.165) is 19.6 Å². The monoisotopic (exact) mass is 237 g/mol. The third-order valence-corrected chi connectivity index (χ3v) is 2.87. The Morgan fingerprint density at radius 2 is 1.76 bits per heavy atom. The first-order chi connectivity index (χ1) is 8.07. The Bertz CT molecular complexity index is 307. The van der Waals surface area contributed by atoms with Crippen molar-refractivity contribution >= 4 is 0 Å². The molecule has 3 heteroatoms. The average molecular weight is 237 g/mol. The number of hydrogen-bond acceptors (Lipinski definition) is 3. The molecule has 0 fully saturated rings. The average Bonchev–Trinajstić information content (AvgIpc) is 2.31. The Morgan fingerprint density at radius 3 is 2.29 bits per heavy atom. The zero-order valence-electron chi connectivity index (χ0n) is 11.0. The molecular formula is C14H23NO2. The summed E-state index contributed by atoms with van der Waals surface area (Å²) >= 11 is 0. The minimum atomic E-state index is -1.11. The van der Waals surface area contributed by atoms with E-state index in [1.165, 1.54) is 0 Å². The number of aliphatic hydroxyl groups is 1. The summed E-state index contributed by atoms with van der Waals surface area (Å²) in [6, 6.07) is 9.43. The second-order valence-electron chi connectivity index (χ2n) is 4.37. The Morgan fingerprint density at radius 1 is 1.18 bits per heavy atom. The molecular weight excluding hydrogens is 214 g/mol. The molecule has 96 valence electrons. The molecule has 1 rings (SSSR count). The molecule has 0 bridgehead atoms. The minimum absolute atomic E-state index is 0.601. The van der Waals surface area contributed by atoms with Crippen LogP contribution in [0.2, 0.25) is 0 Å². The Balaban J connectivity index is 2.46. The molecule has 3 nitrogen and oxygen atoms in total. The molecule has 0 aliphatic rings. The van der Waals surface area contributed by atoms with E-state index in [2.05, 4.69) is 18.7 Å². The number of para-hydroxylation sites is 1. The molecule has 1 aromatic carbocycles. The molecule has 0 amide bonds. The van der Waals surface area contributed by atoms with Crippen LogP contribution >= 0.6 is 0 Å². The fraction of sp³-hybridized carbons (Fsp3) is 0.571. The van der Waals surface area contributed by atoms with Crippen LogP contribution in [-0.4, -0.2) is 35.4 Å². The molecule has 0 saturated carbocycles. The van der Waals surface area contributed by atoms with E-state index in [0.29, 0.717) is 12.2 Å². The van der Waals surface area contributed by atoms with E-state index in [1.807, 2.05) is 30.3 Å². The van der Waals surface area contributed by atoms with E-state index in [-0.39, 0.29) is 0 Å². The predicted octanol–water partition coefficient (Wildman–Crippen LogP) is 2.51. The summed E-state index contributed by atoms with van der Waals surface area (Å²) < 4.78 is 5.57. The van der Waals surface area contributed by atoms with Crippen molar-refractivity contribution < 1.29 is 9.84 Å². The molecule has 0 saturated heterocycles. The summed E-state index contributed by atoms with van der Waals surface area (Å²) in [5.74, 6) is -0.402. The molecule has 0 radical (unpaired) electrons. The first-order valence-corrected chi connectivity index (χ1v) is 6.26. The van der Waals surface area contributed by atoms with Gasteiger partial charge in [-0.3, -0.25) is 0 Å². The Labute approximate surface area is 104 Å². The fourth-order valence-corrected chi connectivity index (χ4v) is 1.70. The highest BCUT2D eigenvalue weighted by molar-refractivity contribution is 5.21. The number of ether oxygens (including phenoxy) is 1. The molecule has 1 unspecified atom stereocenters.